The lowest BCUT2D eigenvalue weighted by Crippen LogP contribution is -2.30. The molecule has 0 amide bonds. The summed E-state index contributed by atoms with van der Waals surface area (Å²) in [6.45, 7) is 9.77. The van der Waals surface area contributed by atoms with E-state index in [-0.39, 0.29) is 10.8 Å². The first-order valence-corrected chi connectivity index (χ1v) is 36.0. The topological polar surface area (TPSA) is 16.3 Å². The Hall–Kier alpha value is -12.8. The van der Waals surface area contributed by atoms with Crippen molar-refractivity contribution in [2.75, 3.05) is 9.80 Å². The van der Waals surface area contributed by atoms with Gasteiger partial charge in [0.1, 0.15) is 0 Å². The zero-order valence-corrected chi connectivity index (χ0v) is 56.7. The number of benzene rings is 20. The van der Waals surface area contributed by atoms with Crippen LogP contribution in [0, 0.1) is 0 Å². The maximum atomic E-state index is 2.62. The highest BCUT2D eigenvalue weighted by Gasteiger charge is 2.41. The fourth-order valence-corrected chi connectivity index (χ4v) is 20.2. The molecule has 474 valence electrons. The van der Waals surface area contributed by atoms with Crippen LogP contribution < -0.4 is 9.80 Å². The second-order valence-corrected chi connectivity index (χ2v) is 30.2. The van der Waals surface area contributed by atoms with E-state index in [2.05, 4.69) is 350 Å². The molecule has 24 rings (SSSR count). The smallest absolute Gasteiger partial charge is 0.0562 e. The van der Waals surface area contributed by atoms with Gasteiger partial charge in [-0.3, -0.25) is 0 Å². The van der Waals surface area contributed by atoms with Crippen molar-refractivity contribution in [2.24, 2.45) is 0 Å². The molecule has 22 aromatic rings. The van der Waals surface area contributed by atoms with E-state index in [1.807, 2.05) is 0 Å². The van der Waals surface area contributed by atoms with E-state index in [1.54, 1.807) is 0 Å². The number of anilines is 6. The third-order valence-electron chi connectivity index (χ3n) is 24.6. The van der Waals surface area contributed by atoms with E-state index in [0.717, 1.165) is 22.7 Å². The lowest BCUT2D eigenvalue weighted by molar-refractivity contribution is 0.633. The summed E-state index contributed by atoms with van der Waals surface area (Å²) in [5, 5.41) is 33.3. The second kappa shape index (κ2) is 19.2. The normalized spacial score (nSPS) is 14.4. The summed E-state index contributed by atoms with van der Waals surface area (Å²) in [4.78, 5) is 5.24. The summed E-state index contributed by atoms with van der Waals surface area (Å²) in [6, 6.07) is 116. The lowest BCUT2D eigenvalue weighted by Gasteiger charge is -2.43. The molecule has 2 aliphatic heterocycles. The molecule has 0 saturated carbocycles. The zero-order valence-electron chi connectivity index (χ0n) is 56.7. The molecule has 4 heteroatoms. The van der Waals surface area contributed by atoms with E-state index >= 15 is 0 Å². The summed E-state index contributed by atoms with van der Waals surface area (Å²) in [6.07, 6.45) is 0. The summed E-state index contributed by atoms with van der Waals surface area (Å²) in [7, 11) is 0. The molecule has 0 spiro atoms. The minimum atomic E-state index is -0.358. The molecular weight excluding hydrogens is 1230 g/mol. The maximum Gasteiger partial charge on any atom is 0.0562 e. The van der Waals surface area contributed by atoms with Gasteiger partial charge in [0.05, 0.1) is 56.2 Å². The van der Waals surface area contributed by atoms with Gasteiger partial charge in [-0.1, -0.05) is 246 Å². The van der Waals surface area contributed by atoms with Crippen molar-refractivity contribution < 1.29 is 0 Å². The van der Waals surface area contributed by atoms with Gasteiger partial charge in [-0.2, -0.15) is 0 Å². The summed E-state index contributed by atoms with van der Waals surface area (Å²) in [5.74, 6) is 0. The fraction of sp³-hybridized carbons (Fsp3) is 0.0612. The molecule has 102 heavy (non-hydrogen) atoms. The third-order valence-corrected chi connectivity index (χ3v) is 24.6. The quantitative estimate of drug-likeness (QED) is 0.129. The van der Waals surface area contributed by atoms with Crippen LogP contribution in [0.25, 0.3) is 173 Å². The van der Waals surface area contributed by atoms with Crippen LogP contribution >= 0.6 is 0 Å². The molecule has 2 aromatic heterocycles. The highest BCUT2D eigenvalue weighted by molar-refractivity contribution is 6.41. The summed E-state index contributed by atoms with van der Waals surface area (Å²) < 4.78 is 5.12. The van der Waals surface area contributed by atoms with Gasteiger partial charge in [0.15, 0.2) is 0 Å². The fourth-order valence-electron chi connectivity index (χ4n) is 20.2. The molecule has 20 aromatic carbocycles. The van der Waals surface area contributed by atoms with Crippen LogP contribution in [0.5, 0.6) is 0 Å². The Morgan fingerprint density at radius 3 is 0.951 bits per heavy atom. The average molecular weight is 1300 g/mol. The van der Waals surface area contributed by atoms with Gasteiger partial charge in [0, 0.05) is 54.5 Å². The molecule has 0 bridgehead atoms. The van der Waals surface area contributed by atoms with E-state index in [4.69, 9.17) is 0 Å². The van der Waals surface area contributed by atoms with Crippen molar-refractivity contribution in [3.8, 4) is 11.4 Å². The van der Waals surface area contributed by atoms with Crippen LogP contribution in [0.1, 0.15) is 49.9 Å². The predicted octanol–water partition coefficient (Wildman–Crippen LogP) is 27.1. The standard InChI is InChI=1S/C98H62N4/c1-97(2)75-37-11-13-39-81(75)101(85-53-83-73(49-77(85)97)95-69-35-19-33-63-61-29-15-21-55-23-17-31-65(89(55)61)71(93(63)69)51-87(95)99(83)59-25-7-5-8-26-59)79-47-43-57-42-46-68-80(48-44-58-41-45-67(79)91(57)92(58)68)102-82-40-14-12-38-76(82)98(3,4)78-50-74-84(54-86(78)102)100(60-27-9-6-10-28-60)88-52-72-66-32-18-24-56-22-16-30-62(90(56)66)64-34-20-36-70(94(64)72)96(74)88/h5-54H,1-4H3. The Kier molecular flexibility index (Phi) is 10.4. The molecule has 0 atom stereocenters. The van der Waals surface area contributed by atoms with Gasteiger partial charge in [-0.15, -0.1) is 0 Å². The molecule has 0 N–H and O–H groups in total. The summed E-state index contributed by atoms with van der Waals surface area (Å²) in [5.41, 5.74) is 18.7. The molecule has 0 fully saturated rings. The number of hydrogen-bond acceptors (Lipinski definition) is 2. The van der Waals surface area contributed by atoms with Gasteiger partial charge < -0.3 is 18.9 Å². The largest absolute Gasteiger partial charge is 0.309 e. The predicted molar refractivity (Wildman–Crippen MR) is 435 cm³/mol. The Balaban J connectivity index is 0.758. The molecule has 0 aliphatic carbocycles. The number of aromatic nitrogens is 2. The van der Waals surface area contributed by atoms with Gasteiger partial charge in [0.25, 0.3) is 0 Å². The van der Waals surface area contributed by atoms with Crippen LogP contribution in [-0.4, -0.2) is 9.13 Å². The van der Waals surface area contributed by atoms with Crippen molar-refractivity contribution in [1.82, 2.24) is 9.13 Å². The van der Waals surface area contributed by atoms with Crippen LogP contribution in [0.3, 0.4) is 0 Å². The molecular formula is C98H62N4. The Morgan fingerprint density at radius 1 is 0.186 bits per heavy atom. The molecule has 4 nitrogen and oxygen atoms in total. The second-order valence-electron chi connectivity index (χ2n) is 30.2. The van der Waals surface area contributed by atoms with E-state index in [0.29, 0.717) is 0 Å². The van der Waals surface area contributed by atoms with E-state index < -0.39 is 0 Å². The molecule has 2 aliphatic rings. The zero-order chi connectivity index (χ0) is 66.9. The number of rotatable bonds is 4. The Labute approximate surface area is 586 Å². The van der Waals surface area contributed by atoms with Crippen LogP contribution in [-0.2, 0) is 10.8 Å². The summed E-state index contributed by atoms with van der Waals surface area (Å²) >= 11 is 0. The first-order valence-electron chi connectivity index (χ1n) is 36.0. The van der Waals surface area contributed by atoms with Crippen LogP contribution in [0.2, 0.25) is 0 Å². The van der Waals surface area contributed by atoms with Crippen LogP contribution in [0.15, 0.2) is 303 Å². The van der Waals surface area contributed by atoms with Crippen LogP contribution in [0.4, 0.5) is 34.1 Å². The van der Waals surface area contributed by atoms with Gasteiger partial charge >= 0.3 is 0 Å². The van der Waals surface area contributed by atoms with Crippen molar-refractivity contribution in [3.63, 3.8) is 0 Å². The van der Waals surface area contributed by atoms with E-state index in [9.17, 15) is 0 Å². The highest BCUT2D eigenvalue weighted by Crippen LogP contribution is 2.60. The third kappa shape index (κ3) is 6.78. The van der Waals surface area contributed by atoms with Gasteiger partial charge in [-0.25, -0.2) is 0 Å². The first-order chi connectivity index (χ1) is 50.2. The number of hydrogen-bond donors (Lipinski definition) is 0. The molecule has 0 saturated heterocycles. The Morgan fingerprint density at radius 2 is 0.529 bits per heavy atom. The highest BCUT2D eigenvalue weighted by atomic mass is 15.2. The van der Waals surface area contributed by atoms with Gasteiger partial charge in [-0.05, 0) is 215 Å². The van der Waals surface area contributed by atoms with Crippen molar-refractivity contribution in [3.05, 3.63) is 326 Å². The molecule has 4 heterocycles. The number of nitrogens with zero attached hydrogens (tertiary/aromatic N) is 4. The molecule has 0 radical (unpaired) electrons. The number of para-hydroxylation sites is 4. The monoisotopic (exact) mass is 1290 g/mol. The number of fused-ring (bicyclic) bond motifs is 16. The Bertz CT molecular complexity index is 7040. The minimum Gasteiger partial charge on any atom is -0.309 e. The van der Waals surface area contributed by atoms with Crippen molar-refractivity contribution in [2.45, 2.75) is 38.5 Å². The van der Waals surface area contributed by atoms with E-state index in [1.165, 1.54) is 207 Å². The first kappa shape index (κ1) is 55.2. The van der Waals surface area contributed by atoms with Gasteiger partial charge in [0.2, 0.25) is 0 Å². The van der Waals surface area contributed by atoms with Crippen molar-refractivity contribution >= 4 is 196 Å². The molecule has 0 unspecified atom stereocenters. The lowest BCUT2D eigenvalue weighted by atomic mass is 9.73. The SMILES string of the molecule is CC1(C)c2ccccc2N(c2ccc3ccc4c(N5c6ccccc6C(C)(C)c6cc7c8c9cccc%10c%11cccc%12cccc(c(cc8n(-c8ccccc8)c7cc65)c%109)c%12%11)ccc5ccc2c3c54)c2cc3c(cc21)c1c2cccc4c5cccc6cccc(c(cc1n3-c1ccccc1)c42)c65. The minimum absolute atomic E-state index is 0.358. The maximum absolute atomic E-state index is 2.62. The average Bonchev–Trinajstić information content (AvgIpc) is 1.22. The van der Waals surface area contributed by atoms with Crippen molar-refractivity contribution in [1.29, 1.82) is 0 Å².